The van der Waals surface area contributed by atoms with Crippen LogP contribution in [0.15, 0.2) is 10.6 Å². The molecule has 2 fully saturated rings. The molecular formula is C16H26N2O3. The molecule has 1 aromatic rings. The smallest absolute Gasteiger partial charge is 0.147 e. The van der Waals surface area contributed by atoms with Crippen LogP contribution in [0.4, 0.5) is 0 Å². The summed E-state index contributed by atoms with van der Waals surface area (Å²) < 4.78 is 9.61. The number of carbonyl (C=O) groups is 1. The van der Waals surface area contributed by atoms with Crippen molar-refractivity contribution in [1.29, 1.82) is 0 Å². The molecule has 0 aromatic carbocycles. The second kappa shape index (κ2) is 6.71. The zero-order valence-corrected chi connectivity index (χ0v) is 13.4. The van der Waals surface area contributed by atoms with Crippen molar-refractivity contribution in [3.05, 3.63) is 17.5 Å². The molecule has 0 radical (unpaired) electrons. The van der Waals surface area contributed by atoms with Crippen molar-refractivity contribution in [2.75, 3.05) is 27.3 Å². The molecule has 21 heavy (non-hydrogen) atoms. The molecule has 1 aliphatic heterocycles. The molecule has 1 atom stereocenters. The zero-order valence-electron chi connectivity index (χ0n) is 13.4. The topological polar surface area (TPSA) is 64.4 Å². The van der Waals surface area contributed by atoms with Crippen LogP contribution in [0.3, 0.4) is 0 Å². The minimum Gasteiger partial charge on any atom is -0.388 e. The van der Waals surface area contributed by atoms with E-state index in [-0.39, 0.29) is 11.8 Å². The largest absolute Gasteiger partial charge is 0.388 e. The molecule has 1 unspecified atom stereocenters. The van der Waals surface area contributed by atoms with Crippen molar-refractivity contribution in [2.45, 2.75) is 38.5 Å². The lowest BCUT2D eigenvalue weighted by Crippen LogP contribution is -2.59. The van der Waals surface area contributed by atoms with Crippen LogP contribution in [0.1, 0.15) is 50.0 Å². The van der Waals surface area contributed by atoms with Gasteiger partial charge in [0, 0.05) is 39.3 Å². The first-order valence-corrected chi connectivity index (χ1v) is 7.58. The van der Waals surface area contributed by atoms with E-state index in [2.05, 4.69) is 15.2 Å². The number of methoxy groups -OCH3 is 1. The molecule has 3 rings (SSSR count). The Morgan fingerprint density at radius 1 is 1.43 bits per heavy atom. The van der Waals surface area contributed by atoms with Gasteiger partial charge >= 0.3 is 0 Å². The van der Waals surface area contributed by atoms with Crippen molar-refractivity contribution in [2.24, 2.45) is 11.3 Å². The Hall–Kier alpha value is -1.20. The lowest BCUT2D eigenvalue weighted by molar-refractivity contribution is -0.110. The van der Waals surface area contributed by atoms with E-state index in [9.17, 15) is 4.79 Å². The minimum absolute atomic E-state index is 0.161. The number of rotatable bonds is 4. The summed E-state index contributed by atoms with van der Waals surface area (Å²) in [4.78, 5) is 11.1. The van der Waals surface area contributed by atoms with Gasteiger partial charge in [-0.25, -0.2) is 0 Å². The summed E-state index contributed by atoms with van der Waals surface area (Å²) in [6, 6.07) is 1.99. The number of aldehydes is 1. The van der Waals surface area contributed by atoms with Gasteiger partial charge in [0.25, 0.3) is 0 Å². The molecule has 1 saturated heterocycles. The van der Waals surface area contributed by atoms with E-state index in [0.29, 0.717) is 11.3 Å². The lowest BCUT2D eigenvalue weighted by atomic mass is 9.58. The Labute approximate surface area is 126 Å². The standard InChI is InChI=1S/C14H20N2O2.C2H6O/c1-9(2)11(6-17)13-3-12(16-18-13)10-4-14(5-10)7-15-8-14;1-3-2/h3,6,9-11,15H,4-5,7-8H2,1-2H3;1-2H3. The number of hydrogen-bond donors (Lipinski definition) is 1. The summed E-state index contributed by atoms with van der Waals surface area (Å²) in [5.74, 6) is 1.35. The number of hydrogen-bond acceptors (Lipinski definition) is 5. The van der Waals surface area contributed by atoms with Crippen LogP contribution in [0.2, 0.25) is 0 Å². The zero-order chi connectivity index (χ0) is 15.5. The average Bonchev–Trinajstić information content (AvgIpc) is 2.76. The summed E-state index contributed by atoms with van der Waals surface area (Å²) in [5.41, 5.74) is 1.58. The average molecular weight is 294 g/mol. The number of nitrogens with zero attached hydrogens (tertiary/aromatic N) is 1. The fourth-order valence-electron chi connectivity index (χ4n) is 3.17. The van der Waals surface area contributed by atoms with E-state index < -0.39 is 0 Å². The molecule has 2 aliphatic rings. The molecule has 0 amide bonds. The van der Waals surface area contributed by atoms with Gasteiger partial charge in [0.1, 0.15) is 12.0 Å². The summed E-state index contributed by atoms with van der Waals surface area (Å²) in [6.07, 6.45) is 3.38. The van der Waals surface area contributed by atoms with Gasteiger partial charge in [0.05, 0.1) is 11.6 Å². The van der Waals surface area contributed by atoms with Gasteiger partial charge in [-0.3, -0.25) is 0 Å². The van der Waals surface area contributed by atoms with Gasteiger partial charge in [-0.15, -0.1) is 0 Å². The first-order chi connectivity index (χ1) is 10.0. The predicted octanol–water partition coefficient (Wildman–Crippen LogP) is 2.34. The highest BCUT2D eigenvalue weighted by atomic mass is 16.5. The molecule has 1 spiro atoms. The third-order valence-electron chi connectivity index (χ3n) is 4.52. The van der Waals surface area contributed by atoms with Gasteiger partial charge in [-0.1, -0.05) is 19.0 Å². The Balaban J connectivity index is 0.000000497. The molecule has 1 N–H and O–H groups in total. The molecule has 5 heteroatoms. The maximum absolute atomic E-state index is 11.1. The van der Waals surface area contributed by atoms with E-state index in [1.807, 2.05) is 19.9 Å². The highest BCUT2D eigenvalue weighted by Crippen LogP contribution is 2.53. The Bertz CT molecular complexity index is 458. The Morgan fingerprint density at radius 3 is 2.48 bits per heavy atom. The highest BCUT2D eigenvalue weighted by molar-refractivity contribution is 5.61. The highest BCUT2D eigenvalue weighted by Gasteiger charge is 2.49. The SMILES string of the molecule is CC(C)C(C=O)c1cc(C2CC3(CNC3)C2)no1.COC. The summed E-state index contributed by atoms with van der Waals surface area (Å²) in [7, 11) is 3.25. The fraction of sp³-hybridized carbons (Fsp3) is 0.750. The van der Waals surface area contributed by atoms with Crippen LogP contribution >= 0.6 is 0 Å². The van der Waals surface area contributed by atoms with Crippen molar-refractivity contribution in [1.82, 2.24) is 10.5 Å². The van der Waals surface area contributed by atoms with Gasteiger partial charge in [-0.2, -0.15) is 0 Å². The summed E-state index contributed by atoms with van der Waals surface area (Å²) in [6.45, 7) is 6.35. The van der Waals surface area contributed by atoms with Crippen molar-refractivity contribution < 1.29 is 14.1 Å². The molecule has 1 aromatic heterocycles. The summed E-state index contributed by atoms with van der Waals surface area (Å²) >= 11 is 0. The normalized spacial score (nSPS) is 21.2. The number of ether oxygens (including phenoxy) is 1. The van der Waals surface area contributed by atoms with E-state index in [4.69, 9.17) is 4.52 Å². The maximum Gasteiger partial charge on any atom is 0.147 e. The van der Waals surface area contributed by atoms with E-state index >= 15 is 0 Å². The summed E-state index contributed by atoms with van der Waals surface area (Å²) in [5, 5.41) is 7.49. The number of carbonyl (C=O) groups excluding carboxylic acids is 1. The molecule has 1 saturated carbocycles. The molecule has 5 nitrogen and oxygen atoms in total. The van der Waals surface area contributed by atoms with Gasteiger partial charge < -0.3 is 19.4 Å². The first kappa shape index (κ1) is 16.2. The van der Waals surface area contributed by atoms with Gasteiger partial charge in [0.2, 0.25) is 0 Å². The predicted molar refractivity (Wildman–Crippen MR) is 80.4 cm³/mol. The van der Waals surface area contributed by atoms with Crippen LogP contribution < -0.4 is 5.32 Å². The third kappa shape index (κ3) is 3.35. The second-order valence-corrected chi connectivity index (χ2v) is 6.68. The molecule has 1 aliphatic carbocycles. The Morgan fingerprint density at radius 2 is 2.05 bits per heavy atom. The molecular weight excluding hydrogens is 268 g/mol. The van der Waals surface area contributed by atoms with Crippen LogP contribution in [-0.4, -0.2) is 38.8 Å². The van der Waals surface area contributed by atoms with Crippen LogP contribution in [0.5, 0.6) is 0 Å². The second-order valence-electron chi connectivity index (χ2n) is 6.68. The van der Waals surface area contributed by atoms with E-state index in [1.165, 1.54) is 12.8 Å². The van der Waals surface area contributed by atoms with Gasteiger partial charge in [0.15, 0.2) is 0 Å². The molecule has 2 heterocycles. The quantitative estimate of drug-likeness (QED) is 0.864. The maximum atomic E-state index is 11.1. The van der Waals surface area contributed by atoms with Crippen molar-refractivity contribution in [3.8, 4) is 0 Å². The first-order valence-electron chi connectivity index (χ1n) is 7.58. The monoisotopic (exact) mass is 294 g/mol. The lowest BCUT2D eigenvalue weighted by Gasteiger charge is -2.53. The number of nitrogens with one attached hydrogen (secondary N) is 1. The van der Waals surface area contributed by atoms with Crippen molar-refractivity contribution >= 4 is 6.29 Å². The van der Waals surface area contributed by atoms with Gasteiger partial charge in [-0.05, 0) is 24.2 Å². The van der Waals surface area contributed by atoms with Crippen molar-refractivity contribution in [3.63, 3.8) is 0 Å². The van der Waals surface area contributed by atoms with Crippen LogP contribution in [-0.2, 0) is 9.53 Å². The van der Waals surface area contributed by atoms with E-state index in [1.54, 1.807) is 14.2 Å². The van der Waals surface area contributed by atoms with Crippen LogP contribution in [0, 0.1) is 11.3 Å². The molecule has 0 bridgehead atoms. The molecule has 118 valence electrons. The van der Waals surface area contributed by atoms with Crippen LogP contribution in [0.25, 0.3) is 0 Å². The number of aromatic nitrogens is 1. The minimum atomic E-state index is -0.161. The van der Waals surface area contributed by atoms with E-state index in [0.717, 1.165) is 30.8 Å². The Kier molecular flexibility index (Phi) is 5.17. The third-order valence-corrected chi connectivity index (χ3v) is 4.52. The fourth-order valence-corrected chi connectivity index (χ4v) is 3.17.